The van der Waals surface area contributed by atoms with Crippen molar-refractivity contribution in [2.75, 3.05) is 25.6 Å². The number of aromatic nitrogens is 1. The van der Waals surface area contributed by atoms with Crippen LogP contribution < -0.4 is 15.4 Å². The molecule has 1 saturated heterocycles. The third-order valence-electron chi connectivity index (χ3n) is 4.17. The zero-order chi connectivity index (χ0) is 17.5. The van der Waals surface area contributed by atoms with E-state index in [9.17, 15) is 4.79 Å². The zero-order valence-electron chi connectivity index (χ0n) is 14.3. The molecule has 0 saturated carbocycles. The molecule has 2 heterocycles. The topological polar surface area (TPSA) is 72.5 Å². The maximum absolute atomic E-state index is 12.1. The standard InChI is InChI=1S/C19H23N3O3/c1-24-16-7-4-14(5-8-16)11-20-15-6-9-18(21-12-15)19(23)22-13-17-3-2-10-25-17/h4-9,12,17,20H,2-3,10-11,13H2,1H3,(H,22,23). The molecule has 1 aliphatic heterocycles. The average Bonchev–Trinajstić information content (AvgIpc) is 3.19. The van der Waals surface area contributed by atoms with E-state index in [0.29, 0.717) is 18.8 Å². The Morgan fingerprint density at radius 3 is 2.76 bits per heavy atom. The lowest BCUT2D eigenvalue weighted by atomic mass is 10.2. The SMILES string of the molecule is COc1ccc(CNc2ccc(C(=O)NCC3CCCO3)nc2)cc1. The highest BCUT2D eigenvalue weighted by Crippen LogP contribution is 2.14. The number of carbonyl (C=O) groups is 1. The monoisotopic (exact) mass is 341 g/mol. The van der Waals surface area contributed by atoms with Crippen molar-refractivity contribution in [3.63, 3.8) is 0 Å². The summed E-state index contributed by atoms with van der Waals surface area (Å²) < 4.78 is 10.6. The predicted octanol–water partition coefficient (Wildman–Crippen LogP) is 2.61. The average molecular weight is 341 g/mol. The molecule has 6 heteroatoms. The van der Waals surface area contributed by atoms with E-state index < -0.39 is 0 Å². The summed E-state index contributed by atoms with van der Waals surface area (Å²) >= 11 is 0. The van der Waals surface area contributed by atoms with Gasteiger partial charge in [-0.1, -0.05) is 12.1 Å². The van der Waals surface area contributed by atoms with Crippen LogP contribution in [0.3, 0.4) is 0 Å². The molecule has 0 aliphatic carbocycles. The molecular weight excluding hydrogens is 318 g/mol. The maximum atomic E-state index is 12.1. The zero-order valence-corrected chi connectivity index (χ0v) is 14.3. The number of hydrogen-bond donors (Lipinski definition) is 2. The van der Waals surface area contributed by atoms with Crippen molar-refractivity contribution in [3.8, 4) is 5.75 Å². The first kappa shape index (κ1) is 17.2. The number of amides is 1. The minimum atomic E-state index is -0.169. The summed E-state index contributed by atoms with van der Waals surface area (Å²) in [5.74, 6) is 0.668. The van der Waals surface area contributed by atoms with E-state index in [1.165, 1.54) is 0 Å². The van der Waals surface area contributed by atoms with Crippen molar-refractivity contribution in [1.29, 1.82) is 0 Å². The van der Waals surface area contributed by atoms with Gasteiger partial charge in [-0.05, 0) is 42.7 Å². The first-order valence-corrected chi connectivity index (χ1v) is 8.47. The van der Waals surface area contributed by atoms with Crippen molar-refractivity contribution in [2.24, 2.45) is 0 Å². The highest BCUT2D eigenvalue weighted by atomic mass is 16.5. The minimum Gasteiger partial charge on any atom is -0.497 e. The Hall–Kier alpha value is -2.60. The van der Waals surface area contributed by atoms with Crippen LogP contribution in [0.15, 0.2) is 42.6 Å². The van der Waals surface area contributed by atoms with Crippen LogP contribution in [0.1, 0.15) is 28.9 Å². The van der Waals surface area contributed by atoms with E-state index in [-0.39, 0.29) is 12.0 Å². The van der Waals surface area contributed by atoms with Crippen molar-refractivity contribution >= 4 is 11.6 Å². The third kappa shape index (κ3) is 4.93. The van der Waals surface area contributed by atoms with Crippen LogP contribution in [0, 0.1) is 0 Å². The van der Waals surface area contributed by atoms with E-state index in [2.05, 4.69) is 15.6 Å². The molecule has 25 heavy (non-hydrogen) atoms. The van der Waals surface area contributed by atoms with Crippen LogP contribution >= 0.6 is 0 Å². The molecule has 0 spiro atoms. The number of carbonyl (C=O) groups excluding carboxylic acids is 1. The summed E-state index contributed by atoms with van der Waals surface area (Å²) in [6, 6.07) is 11.4. The lowest BCUT2D eigenvalue weighted by Gasteiger charge is -2.11. The molecule has 1 fully saturated rings. The van der Waals surface area contributed by atoms with Crippen LogP contribution in [0.5, 0.6) is 5.75 Å². The van der Waals surface area contributed by atoms with Gasteiger partial charge in [0.1, 0.15) is 11.4 Å². The largest absolute Gasteiger partial charge is 0.497 e. The lowest BCUT2D eigenvalue weighted by Crippen LogP contribution is -2.32. The van der Waals surface area contributed by atoms with Gasteiger partial charge in [-0.15, -0.1) is 0 Å². The van der Waals surface area contributed by atoms with Crippen LogP contribution in [0.2, 0.25) is 0 Å². The second-order valence-corrected chi connectivity index (χ2v) is 5.98. The molecule has 1 aliphatic rings. The minimum absolute atomic E-state index is 0.134. The molecule has 6 nitrogen and oxygen atoms in total. The molecule has 1 atom stereocenters. The van der Waals surface area contributed by atoms with Gasteiger partial charge in [0.25, 0.3) is 5.91 Å². The van der Waals surface area contributed by atoms with E-state index in [4.69, 9.17) is 9.47 Å². The van der Waals surface area contributed by atoms with Gasteiger partial charge in [0.2, 0.25) is 0 Å². The normalized spacial score (nSPS) is 16.4. The lowest BCUT2D eigenvalue weighted by molar-refractivity contribution is 0.0854. The summed E-state index contributed by atoms with van der Waals surface area (Å²) in [5.41, 5.74) is 2.42. The van der Waals surface area contributed by atoms with Gasteiger partial charge in [-0.3, -0.25) is 4.79 Å². The predicted molar refractivity (Wildman–Crippen MR) is 95.9 cm³/mol. The molecule has 132 valence electrons. The first-order chi connectivity index (χ1) is 12.2. The second kappa shape index (κ2) is 8.48. The Bertz CT molecular complexity index is 680. The van der Waals surface area contributed by atoms with Crippen molar-refractivity contribution < 1.29 is 14.3 Å². The van der Waals surface area contributed by atoms with Crippen LogP contribution in [0.4, 0.5) is 5.69 Å². The number of anilines is 1. The fourth-order valence-corrected chi connectivity index (χ4v) is 2.68. The fraction of sp³-hybridized carbons (Fsp3) is 0.368. The molecule has 2 N–H and O–H groups in total. The number of ether oxygens (including phenoxy) is 2. The Morgan fingerprint density at radius 1 is 1.28 bits per heavy atom. The van der Waals surface area contributed by atoms with Crippen molar-refractivity contribution in [3.05, 3.63) is 53.9 Å². The highest BCUT2D eigenvalue weighted by Gasteiger charge is 2.17. The number of benzene rings is 1. The number of nitrogens with zero attached hydrogens (tertiary/aromatic N) is 1. The summed E-state index contributed by atoms with van der Waals surface area (Å²) in [5, 5.41) is 6.16. The Morgan fingerprint density at radius 2 is 2.12 bits per heavy atom. The first-order valence-electron chi connectivity index (χ1n) is 8.47. The Balaban J connectivity index is 1.48. The van der Waals surface area contributed by atoms with Crippen LogP contribution in [-0.2, 0) is 11.3 Å². The van der Waals surface area contributed by atoms with Gasteiger partial charge in [0.15, 0.2) is 0 Å². The Kier molecular flexibility index (Phi) is 5.85. The van der Waals surface area contributed by atoms with E-state index in [0.717, 1.165) is 36.4 Å². The van der Waals surface area contributed by atoms with Gasteiger partial charge >= 0.3 is 0 Å². The van der Waals surface area contributed by atoms with Gasteiger partial charge in [0.05, 0.1) is 25.1 Å². The van der Waals surface area contributed by atoms with E-state index >= 15 is 0 Å². The summed E-state index contributed by atoms with van der Waals surface area (Å²) in [7, 11) is 1.65. The van der Waals surface area contributed by atoms with E-state index in [1.54, 1.807) is 19.4 Å². The molecule has 1 aromatic carbocycles. The highest BCUT2D eigenvalue weighted by molar-refractivity contribution is 5.92. The van der Waals surface area contributed by atoms with Crippen molar-refractivity contribution in [1.82, 2.24) is 10.3 Å². The van der Waals surface area contributed by atoms with Crippen molar-refractivity contribution in [2.45, 2.75) is 25.5 Å². The molecular formula is C19H23N3O3. The number of nitrogens with one attached hydrogen (secondary N) is 2. The van der Waals surface area contributed by atoms with Gasteiger partial charge < -0.3 is 20.1 Å². The number of hydrogen-bond acceptors (Lipinski definition) is 5. The van der Waals surface area contributed by atoms with Gasteiger partial charge in [-0.2, -0.15) is 0 Å². The molecule has 1 aromatic heterocycles. The van der Waals surface area contributed by atoms with Crippen LogP contribution in [0.25, 0.3) is 0 Å². The summed E-state index contributed by atoms with van der Waals surface area (Å²) in [6.07, 6.45) is 3.87. The van der Waals surface area contributed by atoms with Gasteiger partial charge in [0, 0.05) is 19.7 Å². The smallest absolute Gasteiger partial charge is 0.269 e. The maximum Gasteiger partial charge on any atom is 0.269 e. The molecule has 0 radical (unpaired) electrons. The number of pyridine rings is 1. The molecule has 0 bridgehead atoms. The number of rotatable bonds is 7. The number of methoxy groups -OCH3 is 1. The van der Waals surface area contributed by atoms with E-state index in [1.807, 2.05) is 30.3 Å². The fourth-order valence-electron chi connectivity index (χ4n) is 2.68. The van der Waals surface area contributed by atoms with Gasteiger partial charge in [-0.25, -0.2) is 4.98 Å². The summed E-state index contributed by atoms with van der Waals surface area (Å²) in [6.45, 7) is 2.00. The second-order valence-electron chi connectivity index (χ2n) is 5.98. The molecule has 1 amide bonds. The molecule has 3 rings (SSSR count). The van der Waals surface area contributed by atoms with Crippen LogP contribution in [-0.4, -0.2) is 37.3 Å². The Labute approximate surface area is 147 Å². The summed E-state index contributed by atoms with van der Waals surface area (Å²) in [4.78, 5) is 16.3. The molecule has 2 aromatic rings. The molecule has 1 unspecified atom stereocenters. The quantitative estimate of drug-likeness (QED) is 0.810. The third-order valence-corrected chi connectivity index (χ3v) is 4.17.